The van der Waals surface area contributed by atoms with Gasteiger partial charge in [-0.3, -0.25) is 20.0 Å². The Balaban J connectivity index is 0.000000616. The van der Waals surface area contributed by atoms with Gasteiger partial charge in [-0.25, -0.2) is 4.79 Å². The van der Waals surface area contributed by atoms with Gasteiger partial charge in [0.05, 0.1) is 5.56 Å². The van der Waals surface area contributed by atoms with Crippen LogP contribution in [0.2, 0.25) is 0 Å². The third kappa shape index (κ3) is 8.58. The minimum atomic E-state index is -5.08. The molecular weight excluding hydrogens is 572 g/mol. The highest BCUT2D eigenvalue weighted by molar-refractivity contribution is 5.95. The summed E-state index contributed by atoms with van der Waals surface area (Å²) in [5.41, 5.74) is 6.92. The van der Waals surface area contributed by atoms with Crippen LogP contribution in [0.3, 0.4) is 0 Å². The zero-order valence-electron chi connectivity index (χ0n) is 22.3. The third-order valence-electron chi connectivity index (χ3n) is 7.27. The Morgan fingerprint density at radius 1 is 0.833 bits per heavy atom. The fraction of sp³-hybridized carbons (Fsp3) is 0.444. The molecular formula is C27H31F6N5O4. The van der Waals surface area contributed by atoms with Crippen LogP contribution in [-0.4, -0.2) is 89.3 Å². The first-order valence-electron chi connectivity index (χ1n) is 13.0. The number of aliphatic carboxylic acids is 2. The molecule has 2 aliphatic heterocycles. The van der Waals surface area contributed by atoms with Gasteiger partial charge in [-0.1, -0.05) is 12.1 Å². The first kappa shape index (κ1) is 32.7. The van der Waals surface area contributed by atoms with E-state index in [-0.39, 0.29) is 5.84 Å². The first-order valence-corrected chi connectivity index (χ1v) is 13.0. The third-order valence-corrected chi connectivity index (χ3v) is 7.27. The zero-order valence-corrected chi connectivity index (χ0v) is 22.3. The molecule has 4 rings (SSSR count). The van der Waals surface area contributed by atoms with Crippen molar-refractivity contribution in [1.82, 2.24) is 9.80 Å². The van der Waals surface area contributed by atoms with E-state index in [1.807, 2.05) is 29.2 Å². The van der Waals surface area contributed by atoms with E-state index < -0.39 is 35.9 Å². The van der Waals surface area contributed by atoms with E-state index in [0.29, 0.717) is 30.3 Å². The molecule has 0 amide bonds. The Hall–Kier alpha value is -3.85. The van der Waals surface area contributed by atoms with Crippen LogP contribution in [0.5, 0.6) is 0 Å². The molecule has 2 aromatic rings. The molecule has 9 nitrogen and oxygen atoms in total. The van der Waals surface area contributed by atoms with Crippen molar-refractivity contribution in [3.63, 3.8) is 0 Å². The number of nitrogens with zero attached hydrogens (tertiary/aromatic N) is 3. The van der Waals surface area contributed by atoms with Gasteiger partial charge in [0, 0.05) is 56.6 Å². The summed E-state index contributed by atoms with van der Waals surface area (Å²) in [5.74, 6) is -3.75. The smallest absolute Gasteiger partial charge is 0.480 e. The number of piperidine rings is 1. The van der Waals surface area contributed by atoms with Gasteiger partial charge in [-0.2, -0.15) is 26.3 Å². The van der Waals surface area contributed by atoms with Gasteiger partial charge in [0.1, 0.15) is 11.9 Å². The van der Waals surface area contributed by atoms with Crippen LogP contribution in [-0.2, 0) is 15.8 Å². The average molecular weight is 604 g/mol. The minimum absolute atomic E-state index is 0.0520. The molecule has 2 heterocycles. The van der Waals surface area contributed by atoms with Gasteiger partial charge >= 0.3 is 24.3 Å². The molecule has 2 aliphatic rings. The number of nitrogens with two attached hydrogens (primary N) is 1. The fourth-order valence-electron chi connectivity index (χ4n) is 5.07. The summed E-state index contributed by atoms with van der Waals surface area (Å²) in [6.45, 7) is 4.72. The molecule has 2 aromatic carbocycles. The lowest BCUT2D eigenvalue weighted by atomic mass is 9.97. The van der Waals surface area contributed by atoms with Crippen LogP contribution in [0.15, 0.2) is 48.5 Å². The predicted octanol–water partition coefficient (Wildman–Crippen LogP) is 4.04. The second kappa shape index (κ2) is 13.4. The van der Waals surface area contributed by atoms with Gasteiger partial charge in [0.2, 0.25) is 0 Å². The van der Waals surface area contributed by atoms with E-state index in [1.165, 1.54) is 12.1 Å². The first-order chi connectivity index (χ1) is 19.6. The summed E-state index contributed by atoms with van der Waals surface area (Å²) in [6.07, 6.45) is -7.90. The maximum atomic E-state index is 12.9. The molecule has 15 heteroatoms. The lowest BCUT2D eigenvalue weighted by Gasteiger charge is -2.44. The molecule has 2 fully saturated rings. The Bertz CT molecular complexity index is 1220. The number of benzene rings is 2. The van der Waals surface area contributed by atoms with Crippen molar-refractivity contribution in [2.45, 2.75) is 37.3 Å². The highest BCUT2D eigenvalue weighted by Crippen LogP contribution is 2.32. The summed E-state index contributed by atoms with van der Waals surface area (Å²) in [5, 5.41) is 24.4. The van der Waals surface area contributed by atoms with Crippen LogP contribution in [0.25, 0.3) is 0 Å². The standard InChI is InChI=1S/C25H30F3N5O2.C2HF3O2/c26-25(27,28)19-5-1-17(2-6-19)22(24(34)35)33-11-9-21(10-12-33)32-15-13-31(14-16-32)20-7-3-18(4-8-20)23(29)30;3-2(4,5)1(6)7/h1-8,21-22H,9-16H2,(H3,29,30)(H,34,35);(H,6,7). The van der Waals surface area contributed by atoms with Crippen LogP contribution in [0, 0.1) is 5.41 Å². The number of carboxylic acids is 2. The molecule has 0 spiro atoms. The Morgan fingerprint density at radius 2 is 1.33 bits per heavy atom. The molecule has 0 saturated carbocycles. The molecule has 42 heavy (non-hydrogen) atoms. The predicted molar refractivity (Wildman–Crippen MR) is 141 cm³/mol. The summed E-state index contributed by atoms with van der Waals surface area (Å²) < 4.78 is 70.4. The van der Waals surface area contributed by atoms with Gasteiger partial charge in [0.25, 0.3) is 0 Å². The van der Waals surface area contributed by atoms with Crippen LogP contribution >= 0.6 is 0 Å². The Labute approximate surface area is 237 Å². The van der Waals surface area contributed by atoms with Gasteiger partial charge in [0.15, 0.2) is 0 Å². The number of alkyl halides is 6. The van der Waals surface area contributed by atoms with E-state index >= 15 is 0 Å². The van der Waals surface area contributed by atoms with Crippen LogP contribution < -0.4 is 10.6 Å². The molecule has 230 valence electrons. The van der Waals surface area contributed by atoms with Gasteiger partial charge in [-0.05, 0) is 54.8 Å². The Morgan fingerprint density at radius 3 is 1.74 bits per heavy atom. The average Bonchev–Trinajstić information content (AvgIpc) is 2.93. The van der Waals surface area contributed by atoms with Crippen molar-refractivity contribution in [1.29, 1.82) is 5.41 Å². The van der Waals surface area contributed by atoms with Crippen molar-refractivity contribution < 1.29 is 46.1 Å². The van der Waals surface area contributed by atoms with Gasteiger partial charge in [-0.15, -0.1) is 0 Å². The number of piperazine rings is 1. The normalized spacial score (nSPS) is 18.1. The molecule has 0 aliphatic carbocycles. The number of hydrogen-bond acceptors (Lipinski definition) is 6. The van der Waals surface area contributed by atoms with Crippen molar-refractivity contribution >= 4 is 23.5 Å². The molecule has 0 bridgehead atoms. The fourth-order valence-corrected chi connectivity index (χ4v) is 5.07. The summed E-state index contributed by atoms with van der Waals surface area (Å²) in [6, 6.07) is 11.5. The monoisotopic (exact) mass is 603 g/mol. The maximum absolute atomic E-state index is 12.9. The quantitative estimate of drug-likeness (QED) is 0.221. The number of carboxylic acid groups (broad SMARTS) is 2. The van der Waals surface area contributed by atoms with Crippen LogP contribution in [0.1, 0.15) is 35.6 Å². The van der Waals surface area contributed by atoms with Crippen molar-refractivity contribution in [3.05, 3.63) is 65.2 Å². The van der Waals surface area contributed by atoms with Crippen molar-refractivity contribution in [2.24, 2.45) is 5.73 Å². The lowest BCUT2D eigenvalue weighted by Crippen LogP contribution is -2.54. The van der Waals surface area contributed by atoms with E-state index in [1.54, 1.807) is 0 Å². The highest BCUT2D eigenvalue weighted by Gasteiger charge is 2.38. The van der Waals surface area contributed by atoms with E-state index in [0.717, 1.165) is 56.8 Å². The van der Waals surface area contributed by atoms with Crippen LogP contribution in [0.4, 0.5) is 32.0 Å². The SMILES string of the molecule is N=C(N)c1ccc(N2CCN(C3CCN(C(C(=O)O)c4ccc(C(F)(F)F)cc4)CC3)CC2)cc1.O=C(O)C(F)(F)F. The molecule has 2 saturated heterocycles. The molecule has 1 atom stereocenters. The highest BCUT2D eigenvalue weighted by atomic mass is 19.4. The number of carbonyl (C=O) groups is 2. The summed E-state index contributed by atoms with van der Waals surface area (Å²) >= 11 is 0. The number of nitrogens with one attached hydrogen (secondary N) is 1. The number of halogens is 6. The lowest BCUT2D eigenvalue weighted by molar-refractivity contribution is -0.192. The topological polar surface area (TPSA) is 134 Å². The van der Waals surface area contributed by atoms with Crippen molar-refractivity contribution in [2.75, 3.05) is 44.2 Å². The van der Waals surface area contributed by atoms with Crippen molar-refractivity contribution in [3.8, 4) is 0 Å². The molecule has 0 radical (unpaired) electrons. The molecule has 1 unspecified atom stereocenters. The number of rotatable bonds is 6. The molecule has 5 N–H and O–H groups in total. The number of anilines is 1. The Kier molecular flexibility index (Phi) is 10.4. The molecule has 0 aromatic heterocycles. The second-order valence-electron chi connectivity index (χ2n) is 9.91. The van der Waals surface area contributed by atoms with Gasteiger partial charge < -0.3 is 20.8 Å². The largest absolute Gasteiger partial charge is 0.490 e. The zero-order chi connectivity index (χ0) is 31.2. The number of likely N-dealkylation sites (tertiary alicyclic amines) is 1. The second-order valence-corrected chi connectivity index (χ2v) is 9.91. The summed E-state index contributed by atoms with van der Waals surface area (Å²) in [4.78, 5) is 27.5. The maximum Gasteiger partial charge on any atom is 0.490 e. The minimum Gasteiger partial charge on any atom is -0.480 e. The van der Waals surface area contributed by atoms with E-state index in [2.05, 4.69) is 9.80 Å². The number of amidine groups is 1. The van der Waals surface area contributed by atoms with E-state index in [4.69, 9.17) is 21.0 Å². The summed E-state index contributed by atoms with van der Waals surface area (Å²) in [7, 11) is 0. The number of nitrogen functional groups attached to an aromatic ring is 1. The van der Waals surface area contributed by atoms with E-state index in [9.17, 15) is 36.2 Å². The number of hydrogen-bond donors (Lipinski definition) is 4.